The molecule has 2 aromatic heterocycles. The molecule has 6 heteroatoms. The highest BCUT2D eigenvalue weighted by Crippen LogP contribution is 2.17. The van der Waals surface area contributed by atoms with Crippen molar-refractivity contribution in [1.82, 2.24) is 19.7 Å². The highest BCUT2D eigenvalue weighted by molar-refractivity contribution is 9.10. The lowest BCUT2D eigenvalue weighted by atomic mass is 10.3. The van der Waals surface area contributed by atoms with Crippen LogP contribution in [-0.4, -0.2) is 19.7 Å². The normalized spacial score (nSPS) is 10.4. The summed E-state index contributed by atoms with van der Waals surface area (Å²) in [6.45, 7) is 0. The molecular formula is C13H9BrN4O. The van der Waals surface area contributed by atoms with Crippen molar-refractivity contribution >= 4 is 15.9 Å². The van der Waals surface area contributed by atoms with Gasteiger partial charge in [-0.3, -0.25) is 0 Å². The largest absolute Gasteiger partial charge is 0.404 e. The van der Waals surface area contributed by atoms with E-state index < -0.39 is 0 Å². The van der Waals surface area contributed by atoms with Crippen molar-refractivity contribution in [2.45, 2.75) is 0 Å². The summed E-state index contributed by atoms with van der Waals surface area (Å²) in [5.41, 5.74) is 0.925. The van der Waals surface area contributed by atoms with E-state index in [-0.39, 0.29) is 6.01 Å². The Kier molecular flexibility index (Phi) is 3.24. The maximum atomic E-state index is 5.46. The highest BCUT2D eigenvalue weighted by atomic mass is 79.9. The van der Waals surface area contributed by atoms with Crippen LogP contribution in [0.25, 0.3) is 5.69 Å². The zero-order valence-corrected chi connectivity index (χ0v) is 11.4. The van der Waals surface area contributed by atoms with Crippen molar-refractivity contribution in [2.24, 2.45) is 0 Å². The Labute approximate surface area is 118 Å². The van der Waals surface area contributed by atoms with E-state index in [0.29, 0.717) is 5.88 Å². The van der Waals surface area contributed by atoms with Gasteiger partial charge in [-0.1, -0.05) is 18.2 Å². The second-order valence-electron chi connectivity index (χ2n) is 3.72. The number of hydrogen-bond acceptors (Lipinski definition) is 4. The first-order valence-electron chi connectivity index (χ1n) is 5.58. The summed E-state index contributed by atoms with van der Waals surface area (Å²) >= 11 is 3.31. The Bertz CT molecular complexity index is 667. The Hall–Kier alpha value is -2.21. The van der Waals surface area contributed by atoms with Crippen LogP contribution in [0.5, 0.6) is 11.9 Å². The maximum Gasteiger partial charge on any atom is 0.342 e. The first-order valence-corrected chi connectivity index (χ1v) is 6.37. The Morgan fingerprint density at radius 1 is 1.00 bits per heavy atom. The summed E-state index contributed by atoms with van der Waals surface area (Å²) in [6, 6.07) is 13.6. The number of aromatic nitrogens is 4. The van der Waals surface area contributed by atoms with Crippen molar-refractivity contribution < 1.29 is 4.74 Å². The third-order valence-corrected chi connectivity index (χ3v) is 2.86. The van der Waals surface area contributed by atoms with Gasteiger partial charge in [-0.05, 0) is 34.1 Å². The molecule has 5 nitrogen and oxygen atoms in total. The molecule has 0 fully saturated rings. The van der Waals surface area contributed by atoms with Crippen molar-refractivity contribution in [1.29, 1.82) is 0 Å². The summed E-state index contributed by atoms with van der Waals surface area (Å²) in [5.74, 6) is 0.453. The molecule has 0 aliphatic carbocycles. The number of benzene rings is 1. The number of ether oxygens (including phenoxy) is 1. The van der Waals surface area contributed by atoms with Crippen LogP contribution in [0.15, 0.2) is 59.5 Å². The number of nitrogens with zero attached hydrogens (tertiary/aromatic N) is 4. The first-order chi connectivity index (χ1) is 9.31. The van der Waals surface area contributed by atoms with Crippen LogP contribution in [0.3, 0.4) is 0 Å². The molecule has 0 saturated carbocycles. The summed E-state index contributed by atoms with van der Waals surface area (Å²) in [5, 5.41) is 4.23. The Morgan fingerprint density at radius 2 is 1.84 bits per heavy atom. The molecule has 3 aromatic rings. The minimum Gasteiger partial charge on any atom is -0.404 e. The predicted molar refractivity (Wildman–Crippen MR) is 73.4 cm³/mol. The van der Waals surface area contributed by atoms with Crippen molar-refractivity contribution in [2.75, 3.05) is 0 Å². The smallest absolute Gasteiger partial charge is 0.342 e. The SMILES string of the molecule is Brc1ccc(Oc2ncn(-c3ccccc3)n2)nc1. The van der Waals surface area contributed by atoms with Crippen LogP contribution in [0, 0.1) is 0 Å². The molecule has 0 unspecified atom stereocenters. The molecule has 0 aliphatic heterocycles. The summed E-state index contributed by atoms with van der Waals surface area (Å²) in [4.78, 5) is 8.19. The number of hydrogen-bond donors (Lipinski definition) is 0. The Balaban J connectivity index is 1.80. The molecule has 2 heterocycles. The molecule has 0 atom stereocenters. The molecular weight excluding hydrogens is 308 g/mol. The molecule has 1 aromatic carbocycles. The first kappa shape index (κ1) is 11.9. The minimum absolute atomic E-state index is 0.263. The molecule has 0 amide bonds. The molecule has 0 saturated heterocycles. The monoisotopic (exact) mass is 316 g/mol. The summed E-state index contributed by atoms with van der Waals surface area (Å²) < 4.78 is 8.00. The van der Waals surface area contributed by atoms with Gasteiger partial charge >= 0.3 is 6.01 Å². The number of halogens is 1. The molecule has 0 aliphatic rings. The van der Waals surface area contributed by atoms with Gasteiger partial charge in [-0.25, -0.2) is 9.67 Å². The van der Waals surface area contributed by atoms with Gasteiger partial charge in [-0.2, -0.15) is 4.98 Å². The fraction of sp³-hybridized carbons (Fsp3) is 0. The molecule has 0 spiro atoms. The van der Waals surface area contributed by atoms with E-state index in [0.717, 1.165) is 10.2 Å². The quantitative estimate of drug-likeness (QED) is 0.744. The zero-order valence-electron chi connectivity index (χ0n) is 9.77. The van der Waals surface area contributed by atoms with Crippen LogP contribution in [-0.2, 0) is 0 Å². The van der Waals surface area contributed by atoms with E-state index in [4.69, 9.17) is 4.74 Å². The number of pyridine rings is 1. The van der Waals surface area contributed by atoms with Crippen LogP contribution in [0.2, 0.25) is 0 Å². The van der Waals surface area contributed by atoms with Gasteiger partial charge in [-0.15, -0.1) is 5.10 Å². The fourth-order valence-corrected chi connectivity index (χ4v) is 1.75. The van der Waals surface area contributed by atoms with E-state index in [1.54, 1.807) is 23.3 Å². The van der Waals surface area contributed by atoms with Crippen molar-refractivity contribution in [3.8, 4) is 17.6 Å². The molecule has 94 valence electrons. The third-order valence-electron chi connectivity index (χ3n) is 2.39. The molecule has 0 bridgehead atoms. The van der Waals surface area contributed by atoms with E-state index >= 15 is 0 Å². The van der Waals surface area contributed by atoms with Gasteiger partial charge in [0.2, 0.25) is 5.88 Å². The second-order valence-corrected chi connectivity index (χ2v) is 4.64. The van der Waals surface area contributed by atoms with Gasteiger partial charge in [0.05, 0.1) is 5.69 Å². The lowest BCUT2D eigenvalue weighted by Gasteiger charge is -2.00. The van der Waals surface area contributed by atoms with Gasteiger partial charge < -0.3 is 4.74 Å². The van der Waals surface area contributed by atoms with Gasteiger partial charge in [0.25, 0.3) is 0 Å². The fourth-order valence-electron chi connectivity index (χ4n) is 1.52. The Morgan fingerprint density at radius 3 is 2.58 bits per heavy atom. The number of para-hydroxylation sites is 1. The summed E-state index contributed by atoms with van der Waals surface area (Å²) in [6.07, 6.45) is 3.26. The summed E-state index contributed by atoms with van der Waals surface area (Å²) in [7, 11) is 0. The van der Waals surface area contributed by atoms with Crippen molar-refractivity contribution in [3.05, 3.63) is 59.5 Å². The average Bonchev–Trinajstić information content (AvgIpc) is 2.91. The molecule has 0 radical (unpaired) electrons. The minimum atomic E-state index is 0.263. The molecule has 0 N–H and O–H groups in total. The van der Waals surface area contributed by atoms with Crippen LogP contribution < -0.4 is 4.74 Å². The predicted octanol–water partition coefficient (Wildman–Crippen LogP) is 3.22. The number of rotatable bonds is 3. The van der Waals surface area contributed by atoms with Crippen LogP contribution >= 0.6 is 15.9 Å². The average molecular weight is 317 g/mol. The van der Waals surface area contributed by atoms with Crippen LogP contribution in [0.1, 0.15) is 0 Å². The van der Waals surface area contributed by atoms with E-state index in [9.17, 15) is 0 Å². The second kappa shape index (κ2) is 5.19. The van der Waals surface area contributed by atoms with Gasteiger partial charge in [0, 0.05) is 16.7 Å². The molecule has 3 rings (SSSR count). The van der Waals surface area contributed by atoms with Crippen LogP contribution in [0.4, 0.5) is 0 Å². The zero-order chi connectivity index (χ0) is 13.1. The lowest BCUT2D eigenvalue weighted by molar-refractivity contribution is 0.424. The van der Waals surface area contributed by atoms with Gasteiger partial charge in [0.1, 0.15) is 6.33 Å². The van der Waals surface area contributed by atoms with E-state index in [2.05, 4.69) is 31.0 Å². The lowest BCUT2D eigenvalue weighted by Crippen LogP contribution is -1.95. The van der Waals surface area contributed by atoms with Gasteiger partial charge in [0.15, 0.2) is 0 Å². The maximum absolute atomic E-state index is 5.46. The molecule has 19 heavy (non-hydrogen) atoms. The van der Waals surface area contributed by atoms with Crippen molar-refractivity contribution in [3.63, 3.8) is 0 Å². The standard InChI is InChI=1S/C13H9BrN4O/c14-10-6-7-12(15-8-10)19-13-16-9-18(17-13)11-4-2-1-3-5-11/h1-9H. The third kappa shape index (κ3) is 2.79. The highest BCUT2D eigenvalue weighted by Gasteiger charge is 2.05. The van der Waals surface area contributed by atoms with E-state index in [1.807, 2.05) is 36.4 Å². The van der Waals surface area contributed by atoms with E-state index in [1.165, 1.54) is 0 Å². The topological polar surface area (TPSA) is 52.8 Å².